The summed E-state index contributed by atoms with van der Waals surface area (Å²) in [4.78, 5) is 9.61. The molecule has 0 rings (SSSR count). The van der Waals surface area contributed by atoms with E-state index in [0.29, 0.717) is 12.7 Å². The van der Waals surface area contributed by atoms with Crippen molar-refractivity contribution in [2.24, 2.45) is 0 Å². The van der Waals surface area contributed by atoms with Crippen molar-refractivity contribution in [3.8, 4) is 6.07 Å². The van der Waals surface area contributed by atoms with Gasteiger partial charge in [0.05, 0.1) is 24.4 Å². The average molecular weight is 126 g/mol. The van der Waals surface area contributed by atoms with Gasteiger partial charge < -0.3 is 10.4 Å². The summed E-state index contributed by atoms with van der Waals surface area (Å²) in [6.45, 7) is 0.0799. The summed E-state index contributed by atoms with van der Waals surface area (Å²) in [7, 11) is 0. The van der Waals surface area contributed by atoms with Gasteiger partial charge in [-0.25, -0.2) is 0 Å². The second-order valence-electron chi connectivity index (χ2n) is 1.26. The Bertz CT molecular complexity index is 157. The second-order valence-corrected chi connectivity index (χ2v) is 1.26. The highest BCUT2D eigenvalue weighted by molar-refractivity contribution is 5.47. The highest BCUT2D eigenvalue weighted by atomic mass is 16.2. The lowest BCUT2D eigenvalue weighted by Gasteiger charge is -1.90. The Morgan fingerprint density at radius 2 is 2.56 bits per heavy atom. The Morgan fingerprint density at radius 1 is 1.89 bits per heavy atom. The molecule has 0 aromatic carbocycles. The molecule has 0 unspecified atom stereocenters. The largest absolute Gasteiger partial charge is 0.514 e. The molecule has 0 aliphatic rings. The number of amides is 1. The maximum absolute atomic E-state index is 9.61. The Kier molecular flexibility index (Phi) is 3.88. The fourth-order valence-corrected chi connectivity index (χ4v) is 0.266. The second kappa shape index (κ2) is 4.65. The molecule has 0 radical (unpaired) electrons. The van der Waals surface area contributed by atoms with E-state index in [-0.39, 0.29) is 12.1 Å². The first-order chi connectivity index (χ1) is 4.35. The Labute approximate surface area is 52.4 Å². The predicted octanol–water partition coefficient (Wildman–Crippen LogP) is -0.302. The average Bonchev–Trinajstić information content (AvgIpc) is 1.91. The third-order valence-electron chi connectivity index (χ3n) is 0.675. The molecule has 2 N–H and O–H groups in total. The molecule has 0 atom stereocenters. The first-order valence-corrected chi connectivity index (χ1v) is 2.25. The molecule has 0 aromatic heterocycles. The van der Waals surface area contributed by atoms with E-state index in [1.54, 1.807) is 6.07 Å². The van der Waals surface area contributed by atoms with Crippen molar-refractivity contribution in [2.45, 2.75) is 0 Å². The summed E-state index contributed by atoms with van der Waals surface area (Å²) >= 11 is 0. The van der Waals surface area contributed by atoms with Crippen LogP contribution in [0.25, 0.3) is 0 Å². The van der Waals surface area contributed by atoms with E-state index in [2.05, 4.69) is 5.32 Å². The number of aliphatic hydroxyl groups is 1. The number of nitrogens with one attached hydrogen (secondary N) is 1. The van der Waals surface area contributed by atoms with Crippen LogP contribution >= 0.6 is 0 Å². The minimum atomic E-state index is 0.0799. The molecule has 4 heteroatoms. The van der Waals surface area contributed by atoms with E-state index in [4.69, 9.17) is 10.4 Å². The van der Waals surface area contributed by atoms with Crippen LogP contribution in [-0.4, -0.2) is 18.1 Å². The normalized spacial score (nSPS) is 9.89. The van der Waals surface area contributed by atoms with Crippen molar-refractivity contribution < 1.29 is 9.90 Å². The molecule has 0 aliphatic heterocycles. The number of aliphatic hydroxyl groups excluding tert-OH is 1. The first kappa shape index (κ1) is 7.50. The monoisotopic (exact) mass is 126 g/mol. The number of nitriles is 1. The summed E-state index contributed by atoms with van der Waals surface area (Å²) in [6, 6.07) is 1.68. The maximum atomic E-state index is 9.61. The zero-order chi connectivity index (χ0) is 7.11. The van der Waals surface area contributed by atoms with Gasteiger partial charge in [0.2, 0.25) is 6.41 Å². The molecule has 0 fully saturated rings. The fourth-order valence-electron chi connectivity index (χ4n) is 0.266. The van der Waals surface area contributed by atoms with E-state index in [1.165, 1.54) is 0 Å². The molecule has 48 valence electrons. The van der Waals surface area contributed by atoms with Gasteiger partial charge in [-0.2, -0.15) is 5.26 Å². The van der Waals surface area contributed by atoms with Gasteiger partial charge in [-0.3, -0.25) is 4.79 Å². The van der Waals surface area contributed by atoms with Gasteiger partial charge in [-0.1, -0.05) is 0 Å². The standard InChI is InChI=1S/C5H6N2O2/c6-1-5(3-8)2-7-4-9/h3-4,8H,2H2,(H,7,9)/b5-3+. The smallest absolute Gasteiger partial charge is 0.207 e. The van der Waals surface area contributed by atoms with Crippen LogP contribution < -0.4 is 5.32 Å². The van der Waals surface area contributed by atoms with Crippen LogP contribution in [0, 0.1) is 11.3 Å². The van der Waals surface area contributed by atoms with Crippen LogP contribution in [0.4, 0.5) is 0 Å². The fraction of sp³-hybridized carbons (Fsp3) is 0.200. The lowest BCUT2D eigenvalue weighted by molar-refractivity contribution is -0.109. The molecule has 0 saturated heterocycles. The molecule has 1 amide bonds. The van der Waals surface area contributed by atoms with Gasteiger partial charge in [-0.15, -0.1) is 0 Å². The van der Waals surface area contributed by atoms with Gasteiger partial charge in [0.15, 0.2) is 0 Å². The van der Waals surface area contributed by atoms with E-state index in [0.717, 1.165) is 0 Å². The first-order valence-electron chi connectivity index (χ1n) is 2.25. The molecule has 0 heterocycles. The molecular weight excluding hydrogens is 120 g/mol. The highest BCUT2D eigenvalue weighted by Crippen LogP contribution is 1.83. The van der Waals surface area contributed by atoms with Crippen molar-refractivity contribution in [3.63, 3.8) is 0 Å². The minimum absolute atomic E-state index is 0.0799. The predicted molar refractivity (Wildman–Crippen MR) is 30.4 cm³/mol. The van der Waals surface area contributed by atoms with Crippen molar-refractivity contribution >= 4 is 6.41 Å². The summed E-state index contributed by atoms with van der Waals surface area (Å²) in [5.41, 5.74) is 0.127. The maximum Gasteiger partial charge on any atom is 0.207 e. The molecule has 0 saturated carbocycles. The third kappa shape index (κ3) is 3.12. The summed E-state index contributed by atoms with van der Waals surface area (Å²) < 4.78 is 0. The van der Waals surface area contributed by atoms with E-state index < -0.39 is 0 Å². The molecule has 0 bridgehead atoms. The van der Waals surface area contributed by atoms with Gasteiger partial charge >= 0.3 is 0 Å². The van der Waals surface area contributed by atoms with Crippen LogP contribution in [0.3, 0.4) is 0 Å². The summed E-state index contributed by atoms with van der Waals surface area (Å²) in [5.74, 6) is 0. The van der Waals surface area contributed by atoms with Crippen LogP contribution in [0.5, 0.6) is 0 Å². The minimum Gasteiger partial charge on any atom is -0.514 e. The third-order valence-corrected chi connectivity index (χ3v) is 0.675. The topological polar surface area (TPSA) is 73.1 Å². The molecule has 0 aliphatic carbocycles. The van der Waals surface area contributed by atoms with Gasteiger partial charge in [-0.05, 0) is 0 Å². The van der Waals surface area contributed by atoms with Crippen molar-refractivity contribution in [1.82, 2.24) is 5.32 Å². The molecule has 9 heavy (non-hydrogen) atoms. The van der Waals surface area contributed by atoms with Crippen LogP contribution in [-0.2, 0) is 4.79 Å². The molecular formula is C5H6N2O2. The summed E-state index contributed by atoms with van der Waals surface area (Å²) in [6.07, 6.45) is 1.12. The number of hydrogen-bond donors (Lipinski definition) is 2. The zero-order valence-corrected chi connectivity index (χ0v) is 4.66. The van der Waals surface area contributed by atoms with Crippen LogP contribution in [0.15, 0.2) is 11.8 Å². The Morgan fingerprint density at radius 3 is 2.89 bits per heavy atom. The van der Waals surface area contributed by atoms with Crippen molar-refractivity contribution in [2.75, 3.05) is 6.54 Å². The number of rotatable bonds is 3. The Balaban J connectivity index is 3.61. The van der Waals surface area contributed by atoms with Crippen LogP contribution in [0.2, 0.25) is 0 Å². The van der Waals surface area contributed by atoms with Crippen LogP contribution in [0.1, 0.15) is 0 Å². The van der Waals surface area contributed by atoms with Crippen molar-refractivity contribution in [3.05, 3.63) is 11.8 Å². The lowest BCUT2D eigenvalue weighted by atomic mass is 10.3. The van der Waals surface area contributed by atoms with Gasteiger partial charge in [0.1, 0.15) is 0 Å². The van der Waals surface area contributed by atoms with E-state index in [9.17, 15) is 4.79 Å². The Hall–Kier alpha value is -1.50. The van der Waals surface area contributed by atoms with E-state index in [1.807, 2.05) is 0 Å². The number of carbonyl (C=O) groups excluding carboxylic acids is 1. The molecule has 0 aromatic rings. The van der Waals surface area contributed by atoms with Crippen molar-refractivity contribution in [1.29, 1.82) is 5.26 Å². The van der Waals surface area contributed by atoms with Gasteiger partial charge in [0, 0.05) is 0 Å². The van der Waals surface area contributed by atoms with Gasteiger partial charge in [0.25, 0.3) is 0 Å². The van der Waals surface area contributed by atoms with E-state index >= 15 is 0 Å². The number of nitrogens with zero attached hydrogens (tertiary/aromatic N) is 1. The number of carbonyl (C=O) groups is 1. The molecule has 0 spiro atoms. The molecule has 4 nitrogen and oxygen atoms in total. The quantitative estimate of drug-likeness (QED) is 0.309. The summed E-state index contributed by atoms with van der Waals surface area (Å²) in [5, 5.41) is 18.5. The highest BCUT2D eigenvalue weighted by Gasteiger charge is 1.90. The SMILES string of the molecule is N#C/C(=C\O)CNC=O. The number of hydrogen-bond acceptors (Lipinski definition) is 3. The zero-order valence-electron chi connectivity index (χ0n) is 4.66. The lowest BCUT2D eigenvalue weighted by Crippen LogP contribution is -2.13.